The van der Waals surface area contributed by atoms with Gasteiger partial charge in [-0.05, 0) is 74.3 Å². The Morgan fingerprint density at radius 1 is 0.975 bits per heavy atom. The number of likely N-dealkylation sites (tertiary alicyclic amines) is 1. The summed E-state index contributed by atoms with van der Waals surface area (Å²) in [5, 5.41) is 20.7. The van der Waals surface area contributed by atoms with Gasteiger partial charge in [-0.1, -0.05) is 23.7 Å². The summed E-state index contributed by atoms with van der Waals surface area (Å²) in [5.41, 5.74) is -2.98. The number of alkyl halides is 3. The third kappa shape index (κ3) is 6.17. The molecule has 2 N–H and O–H groups in total. The van der Waals surface area contributed by atoms with Gasteiger partial charge in [-0.3, -0.25) is 9.59 Å². The second kappa shape index (κ2) is 11.9. The van der Waals surface area contributed by atoms with Crippen molar-refractivity contribution in [1.29, 1.82) is 0 Å². The molecule has 40 heavy (non-hydrogen) atoms. The Morgan fingerprint density at radius 3 is 2.10 bits per heavy atom. The molecular weight excluding hydrogens is 547 g/mol. The molecule has 4 rings (SSSR count). The number of amides is 2. The molecule has 2 aliphatic rings. The van der Waals surface area contributed by atoms with Gasteiger partial charge in [0.15, 0.2) is 0 Å². The molecule has 0 aliphatic carbocycles. The van der Waals surface area contributed by atoms with Crippen LogP contribution in [0.3, 0.4) is 0 Å². The minimum Gasteiger partial charge on any atom is -0.508 e. The van der Waals surface area contributed by atoms with Gasteiger partial charge in [0.25, 0.3) is 17.4 Å². The Bertz CT molecular complexity index is 1230. The minimum absolute atomic E-state index is 0.135. The van der Waals surface area contributed by atoms with Crippen LogP contribution in [0.5, 0.6) is 5.75 Å². The van der Waals surface area contributed by atoms with Crippen molar-refractivity contribution in [1.82, 2.24) is 9.80 Å². The summed E-state index contributed by atoms with van der Waals surface area (Å²) in [7, 11) is 3.36. The standard InChI is InChI=1S/C29H35ClF3N3O4/c1-34(2)26(38)24-7-6-22(18-25(24)30)35-12-8-19(9-13-35)16-20-10-14-36(15-11-20)27(39)28(40,29(31,32)33)21-4-3-5-23(37)17-21/h3-7,17-20,37,40H,8-16H2,1-2H3/t28-/m1/s1. The predicted molar refractivity (Wildman–Crippen MR) is 146 cm³/mol. The Kier molecular flexibility index (Phi) is 8.89. The lowest BCUT2D eigenvalue weighted by molar-refractivity contribution is -0.262. The fourth-order valence-electron chi connectivity index (χ4n) is 5.75. The summed E-state index contributed by atoms with van der Waals surface area (Å²) in [4.78, 5) is 30.1. The number of phenols is 1. The predicted octanol–water partition coefficient (Wildman–Crippen LogP) is 5.04. The molecule has 0 radical (unpaired) electrons. The molecule has 0 saturated carbocycles. The van der Waals surface area contributed by atoms with Crippen LogP contribution in [0, 0.1) is 11.8 Å². The van der Waals surface area contributed by atoms with E-state index in [4.69, 9.17) is 11.6 Å². The molecule has 2 amide bonds. The van der Waals surface area contributed by atoms with Gasteiger partial charge in [-0.2, -0.15) is 13.2 Å². The number of hydrogen-bond donors (Lipinski definition) is 2. The van der Waals surface area contributed by atoms with Crippen LogP contribution in [0.15, 0.2) is 42.5 Å². The van der Waals surface area contributed by atoms with Crippen molar-refractivity contribution in [3.8, 4) is 5.75 Å². The van der Waals surface area contributed by atoms with Crippen LogP contribution in [-0.2, 0) is 10.4 Å². The van der Waals surface area contributed by atoms with E-state index in [1.807, 2.05) is 12.1 Å². The molecule has 2 aliphatic heterocycles. The summed E-state index contributed by atoms with van der Waals surface area (Å²) in [5.74, 6) is -1.27. The average Bonchev–Trinajstić information content (AvgIpc) is 2.92. The molecule has 0 aromatic heterocycles. The first-order chi connectivity index (χ1) is 18.8. The first-order valence-electron chi connectivity index (χ1n) is 13.5. The summed E-state index contributed by atoms with van der Waals surface area (Å²) in [6.07, 6.45) is -1.26. The van der Waals surface area contributed by atoms with Crippen molar-refractivity contribution in [2.75, 3.05) is 45.2 Å². The largest absolute Gasteiger partial charge is 0.508 e. The van der Waals surface area contributed by atoms with Crippen molar-refractivity contribution in [2.24, 2.45) is 11.8 Å². The average molecular weight is 582 g/mol. The fraction of sp³-hybridized carbons (Fsp3) is 0.517. The van der Waals surface area contributed by atoms with E-state index in [0.29, 0.717) is 29.3 Å². The van der Waals surface area contributed by atoms with E-state index < -0.39 is 29.0 Å². The quantitative estimate of drug-likeness (QED) is 0.499. The summed E-state index contributed by atoms with van der Waals surface area (Å²) >= 11 is 6.38. The number of halogens is 4. The lowest BCUT2D eigenvalue weighted by Crippen LogP contribution is -2.57. The van der Waals surface area contributed by atoms with Crippen molar-refractivity contribution >= 4 is 29.1 Å². The molecule has 2 fully saturated rings. The van der Waals surface area contributed by atoms with Gasteiger partial charge >= 0.3 is 6.18 Å². The van der Waals surface area contributed by atoms with Crippen LogP contribution in [-0.4, -0.2) is 78.3 Å². The van der Waals surface area contributed by atoms with E-state index in [-0.39, 0.29) is 24.9 Å². The Balaban J connectivity index is 1.30. The van der Waals surface area contributed by atoms with Gasteiger partial charge in [-0.15, -0.1) is 0 Å². The molecule has 2 heterocycles. The molecule has 2 aromatic rings. The summed E-state index contributed by atoms with van der Waals surface area (Å²) in [6.45, 7) is 1.94. The van der Waals surface area contributed by atoms with E-state index in [0.717, 1.165) is 55.1 Å². The maximum Gasteiger partial charge on any atom is 0.430 e. The van der Waals surface area contributed by atoms with Gasteiger partial charge in [-0.25, -0.2) is 0 Å². The number of phenolic OH excluding ortho intramolecular Hbond substituents is 1. The van der Waals surface area contributed by atoms with Crippen molar-refractivity contribution in [2.45, 2.75) is 43.9 Å². The molecule has 7 nitrogen and oxygen atoms in total. The van der Waals surface area contributed by atoms with E-state index >= 15 is 0 Å². The molecule has 218 valence electrons. The first kappa shape index (κ1) is 30.0. The number of anilines is 1. The number of nitrogens with zero attached hydrogens (tertiary/aromatic N) is 3. The molecule has 1 atom stereocenters. The molecule has 2 saturated heterocycles. The second-order valence-corrected chi connectivity index (χ2v) is 11.4. The molecule has 0 unspecified atom stereocenters. The third-order valence-corrected chi connectivity index (χ3v) is 8.43. The van der Waals surface area contributed by atoms with Crippen LogP contribution < -0.4 is 4.90 Å². The van der Waals surface area contributed by atoms with Crippen LogP contribution in [0.2, 0.25) is 5.02 Å². The number of piperidine rings is 2. The zero-order chi connectivity index (χ0) is 29.2. The Morgan fingerprint density at radius 2 is 1.57 bits per heavy atom. The van der Waals surface area contributed by atoms with Gasteiger partial charge < -0.3 is 24.9 Å². The van der Waals surface area contributed by atoms with E-state index in [9.17, 15) is 33.0 Å². The van der Waals surface area contributed by atoms with Gasteiger partial charge in [0.1, 0.15) is 5.75 Å². The van der Waals surface area contributed by atoms with E-state index in [1.54, 1.807) is 20.2 Å². The van der Waals surface area contributed by atoms with Crippen LogP contribution >= 0.6 is 11.6 Å². The third-order valence-electron chi connectivity index (χ3n) is 8.12. The smallest absolute Gasteiger partial charge is 0.430 e. The molecule has 0 bridgehead atoms. The highest BCUT2D eigenvalue weighted by Crippen LogP contribution is 2.42. The molecule has 2 aromatic carbocycles. The highest BCUT2D eigenvalue weighted by atomic mass is 35.5. The van der Waals surface area contributed by atoms with Crippen molar-refractivity contribution in [3.63, 3.8) is 0 Å². The van der Waals surface area contributed by atoms with Crippen LogP contribution in [0.25, 0.3) is 0 Å². The number of carbonyl (C=O) groups is 2. The maximum absolute atomic E-state index is 14.0. The molecule has 11 heteroatoms. The zero-order valence-electron chi connectivity index (χ0n) is 22.6. The Labute approximate surface area is 237 Å². The number of aromatic hydroxyl groups is 1. The van der Waals surface area contributed by atoms with Crippen LogP contribution in [0.1, 0.15) is 48.0 Å². The lowest BCUT2D eigenvalue weighted by Gasteiger charge is -2.40. The minimum atomic E-state index is -5.24. The Hall–Kier alpha value is -2.98. The summed E-state index contributed by atoms with van der Waals surface area (Å²) in [6, 6.07) is 9.61. The second-order valence-electron chi connectivity index (χ2n) is 11.0. The normalized spacial score (nSPS) is 18.9. The summed E-state index contributed by atoms with van der Waals surface area (Å²) < 4.78 is 41.9. The lowest BCUT2D eigenvalue weighted by atomic mass is 9.82. The number of hydrogen-bond acceptors (Lipinski definition) is 5. The number of carbonyl (C=O) groups excluding carboxylic acids is 2. The van der Waals surface area contributed by atoms with E-state index in [1.165, 1.54) is 17.0 Å². The van der Waals surface area contributed by atoms with Crippen LogP contribution in [0.4, 0.5) is 18.9 Å². The number of aliphatic hydroxyl groups is 1. The number of benzene rings is 2. The zero-order valence-corrected chi connectivity index (χ0v) is 23.4. The molecule has 0 spiro atoms. The maximum atomic E-state index is 14.0. The van der Waals surface area contributed by atoms with E-state index in [2.05, 4.69) is 4.90 Å². The van der Waals surface area contributed by atoms with Gasteiger partial charge in [0.05, 0.1) is 10.6 Å². The SMILES string of the molecule is CN(C)C(=O)c1ccc(N2CCC(CC3CCN(C(=O)[C@](O)(c4cccc(O)c4)C(F)(F)F)CC3)CC2)cc1Cl. The monoisotopic (exact) mass is 581 g/mol. The van der Waals surface area contributed by atoms with Crippen molar-refractivity contribution in [3.05, 3.63) is 58.6 Å². The topological polar surface area (TPSA) is 84.3 Å². The highest BCUT2D eigenvalue weighted by molar-refractivity contribution is 6.34. The van der Waals surface area contributed by atoms with Gasteiger partial charge in [0.2, 0.25) is 0 Å². The van der Waals surface area contributed by atoms with Gasteiger partial charge in [0, 0.05) is 51.5 Å². The first-order valence-corrected chi connectivity index (χ1v) is 13.8. The highest BCUT2D eigenvalue weighted by Gasteiger charge is 2.62. The van der Waals surface area contributed by atoms with Crippen molar-refractivity contribution < 1.29 is 33.0 Å². The number of rotatable bonds is 6. The fourth-order valence-corrected chi connectivity index (χ4v) is 6.01. The molecular formula is C29H35ClF3N3O4.